The predicted octanol–water partition coefficient (Wildman–Crippen LogP) is 1.48. The SMILES string of the molecule is CCNc1sc(Cl)cc1S(N)(=O)=O. The molecule has 0 unspecified atom stereocenters. The fourth-order valence-corrected chi connectivity index (χ4v) is 3.15. The largest absolute Gasteiger partial charge is 0.376 e. The van der Waals surface area contributed by atoms with Crippen molar-refractivity contribution in [2.45, 2.75) is 11.8 Å². The van der Waals surface area contributed by atoms with E-state index < -0.39 is 10.0 Å². The van der Waals surface area contributed by atoms with Crippen LogP contribution in [-0.2, 0) is 10.0 Å². The Balaban J connectivity index is 3.20. The minimum Gasteiger partial charge on any atom is -0.376 e. The molecule has 0 radical (unpaired) electrons. The summed E-state index contributed by atoms with van der Waals surface area (Å²) >= 11 is 6.83. The summed E-state index contributed by atoms with van der Waals surface area (Å²) in [4.78, 5) is 0.0596. The molecule has 13 heavy (non-hydrogen) atoms. The summed E-state index contributed by atoms with van der Waals surface area (Å²) in [6, 6.07) is 1.35. The molecule has 0 atom stereocenters. The van der Waals surface area contributed by atoms with Gasteiger partial charge in [-0.05, 0) is 13.0 Å². The Morgan fingerprint density at radius 3 is 2.77 bits per heavy atom. The molecule has 0 aliphatic rings. The van der Waals surface area contributed by atoms with Gasteiger partial charge >= 0.3 is 0 Å². The molecule has 0 aliphatic heterocycles. The van der Waals surface area contributed by atoms with Gasteiger partial charge in [0.2, 0.25) is 10.0 Å². The third-order valence-corrected chi connectivity index (χ3v) is 3.60. The Morgan fingerprint density at radius 2 is 2.31 bits per heavy atom. The lowest BCUT2D eigenvalue weighted by Crippen LogP contribution is -2.13. The van der Waals surface area contributed by atoms with Crippen LogP contribution in [0, 0.1) is 0 Å². The topological polar surface area (TPSA) is 72.2 Å². The zero-order chi connectivity index (χ0) is 10.1. The van der Waals surface area contributed by atoms with Crippen molar-refractivity contribution < 1.29 is 8.42 Å². The number of anilines is 1. The molecule has 1 rings (SSSR count). The second-order valence-corrected chi connectivity index (χ2v) is 5.53. The van der Waals surface area contributed by atoms with E-state index in [1.54, 1.807) is 0 Å². The van der Waals surface area contributed by atoms with Gasteiger partial charge in [0.15, 0.2) is 0 Å². The minimum absolute atomic E-state index is 0.0596. The van der Waals surface area contributed by atoms with Gasteiger partial charge < -0.3 is 5.32 Å². The molecule has 0 fully saturated rings. The van der Waals surface area contributed by atoms with Gasteiger partial charge in [0.1, 0.15) is 9.90 Å². The molecule has 74 valence electrons. The maximum absolute atomic E-state index is 11.0. The third kappa shape index (κ3) is 2.57. The number of hydrogen-bond donors (Lipinski definition) is 2. The molecule has 0 saturated carbocycles. The average Bonchev–Trinajstić information content (AvgIpc) is 2.30. The van der Waals surface area contributed by atoms with Crippen molar-refractivity contribution >= 4 is 38.0 Å². The van der Waals surface area contributed by atoms with Crippen molar-refractivity contribution in [2.75, 3.05) is 11.9 Å². The molecule has 4 nitrogen and oxygen atoms in total. The molecule has 0 amide bonds. The van der Waals surface area contributed by atoms with Gasteiger partial charge in [0.25, 0.3) is 0 Å². The number of primary sulfonamides is 1. The van der Waals surface area contributed by atoms with E-state index in [2.05, 4.69) is 5.32 Å². The maximum atomic E-state index is 11.0. The second-order valence-electron chi connectivity index (χ2n) is 2.32. The standard InChI is InChI=1S/C6H9ClN2O2S2/c1-2-9-6-4(13(8,10)11)3-5(7)12-6/h3,9H,2H2,1H3,(H2,8,10,11). The predicted molar refractivity (Wildman–Crippen MR) is 54.9 cm³/mol. The molecule has 1 aromatic rings. The number of sulfonamides is 1. The highest BCUT2D eigenvalue weighted by atomic mass is 35.5. The first-order valence-electron chi connectivity index (χ1n) is 3.51. The minimum atomic E-state index is -3.67. The summed E-state index contributed by atoms with van der Waals surface area (Å²) in [7, 11) is -3.67. The van der Waals surface area contributed by atoms with Crippen molar-refractivity contribution in [1.29, 1.82) is 0 Å². The quantitative estimate of drug-likeness (QED) is 0.841. The molecule has 7 heteroatoms. The van der Waals surface area contributed by atoms with Gasteiger partial charge in [-0.1, -0.05) is 11.6 Å². The molecule has 0 spiro atoms. The lowest BCUT2D eigenvalue weighted by molar-refractivity contribution is 0.598. The first-order valence-corrected chi connectivity index (χ1v) is 6.25. The summed E-state index contributed by atoms with van der Waals surface area (Å²) in [5, 5.41) is 8.36. The highest BCUT2D eigenvalue weighted by Gasteiger charge is 2.17. The Kier molecular flexibility index (Phi) is 3.18. The number of rotatable bonds is 3. The van der Waals surface area contributed by atoms with Crippen molar-refractivity contribution in [3.63, 3.8) is 0 Å². The fraction of sp³-hybridized carbons (Fsp3) is 0.333. The van der Waals surface area contributed by atoms with Crippen molar-refractivity contribution in [3.05, 3.63) is 10.4 Å². The zero-order valence-corrected chi connectivity index (χ0v) is 9.26. The van der Waals surface area contributed by atoms with Gasteiger partial charge in [-0.3, -0.25) is 0 Å². The van der Waals surface area contributed by atoms with Crippen LogP contribution >= 0.6 is 22.9 Å². The monoisotopic (exact) mass is 240 g/mol. The van der Waals surface area contributed by atoms with Gasteiger partial charge in [0, 0.05) is 6.54 Å². The first-order chi connectivity index (χ1) is 5.95. The van der Waals surface area contributed by atoms with Gasteiger partial charge in [-0.2, -0.15) is 0 Å². The van der Waals surface area contributed by atoms with Crippen molar-refractivity contribution in [2.24, 2.45) is 5.14 Å². The van der Waals surface area contributed by atoms with Crippen LogP contribution in [0.1, 0.15) is 6.92 Å². The second kappa shape index (κ2) is 3.83. The summed E-state index contributed by atoms with van der Waals surface area (Å²) in [6.45, 7) is 2.49. The molecule has 0 aliphatic carbocycles. The van der Waals surface area contributed by atoms with Crippen LogP contribution in [0.25, 0.3) is 0 Å². The first kappa shape index (κ1) is 10.8. The molecule has 0 aromatic carbocycles. The Hall–Kier alpha value is -0.300. The molecule has 3 N–H and O–H groups in total. The molecule has 0 saturated heterocycles. The number of nitrogens with two attached hydrogens (primary N) is 1. The van der Waals surface area contributed by atoms with Crippen LogP contribution in [0.5, 0.6) is 0 Å². The van der Waals surface area contributed by atoms with E-state index >= 15 is 0 Å². The van der Waals surface area contributed by atoms with E-state index in [4.69, 9.17) is 16.7 Å². The number of nitrogens with one attached hydrogen (secondary N) is 1. The normalized spacial score (nSPS) is 11.6. The molecular formula is C6H9ClN2O2S2. The Labute approximate surface area is 85.8 Å². The summed E-state index contributed by atoms with van der Waals surface area (Å²) in [5.74, 6) is 0. The number of halogens is 1. The summed E-state index contributed by atoms with van der Waals surface area (Å²) in [6.07, 6.45) is 0. The third-order valence-electron chi connectivity index (χ3n) is 1.31. The van der Waals surface area contributed by atoms with Crippen LogP contribution in [0.4, 0.5) is 5.00 Å². The average molecular weight is 241 g/mol. The highest BCUT2D eigenvalue weighted by molar-refractivity contribution is 7.89. The van der Waals surface area contributed by atoms with E-state index in [1.807, 2.05) is 6.92 Å². The number of hydrogen-bond acceptors (Lipinski definition) is 4. The van der Waals surface area contributed by atoms with Crippen molar-refractivity contribution in [3.8, 4) is 0 Å². The van der Waals surface area contributed by atoms with Gasteiger partial charge in [0.05, 0.1) is 4.34 Å². The van der Waals surface area contributed by atoms with Gasteiger partial charge in [-0.25, -0.2) is 13.6 Å². The lowest BCUT2D eigenvalue weighted by Gasteiger charge is -2.01. The van der Waals surface area contributed by atoms with E-state index in [-0.39, 0.29) is 4.90 Å². The fourth-order valence-electron chi connectivity index (χ4n) is 0.841. The van der Waals surface area contributed by atoms with Crippen molar-refractivity contribution in [1.82, 2.24) is 0 Å². The van der Waals surface area contributed by atoms with Crippen LogP contribution in [0.2, 0.25) is 4.34 Å². The molecule has 1 heterocycles. The zero-order valence-electron chi connectivity index (χ0n) is 6.87. The molecule has 0 bridgehead atoms. The maximum Gasteiger partial charge on any atom is 0.241 e. The molecule has 1 aromatic heterocycles. The van der Waals surface area contributed by atoms with Crippen LogP contribution in [0.3, 0.4) is 0 Å². The highest BCUT2D eigenvalue weighted by Crippen LogP contribution is 2.33. The summed E-state index contributed by atoms with van der Waals surface area (Å²) in [5.41, 5.74) is 0. The van der Waals surface area contributed by atoms with E-state index in [1.165, 1.54) is 6.07 Å². The van der Waals surface area contributed by atoms with Crippen LogP contribution in [-0.4, -0.2) is 15.0 Å². The van der Waals surface area contributed by atoms with Gasteiger partial charge in [-0.15, -0.1) is 11.3 Å². The number of thiophene rings is 1. The molecular weight excluding hydrogens is 232 g/mol. The lowest BCUT2D eigenvalue weighted by atomic mass is 10.6. The van der Waals surface area contributed by atoms with E-state index in [0.717, 1.165) is 11.3 Å². The van der Waals surface area contributed by atoms with Crippen LogP contribution in [0.15, 0.2) is 11.0 Å². The van der Waals surface area contributed by atoms with Crippen LogP contribution < -0.4 is 10.5 Å². The smallest absolute Gasteiger partial charge is 0.241 e. The van der Waals surface area contributed by atoms with E-state index in [9.17, 15) is 8.42 Å². The Bertz CT molecular complexity index is 399. The Morgan fingerprint density at radius 1 is 1.69 bits per heavy atom. The summed E-state index contributed by atoms with van der Waals surface area (Å²) < 4.78 is 22.5. The van der Waals surface area contributed by atoms with E-state index in [0.29, 0.717) is 15.9 Å².